The summed E-state index contributed by atoms with van der Waals surface area (Å²) in [7, 11) is 0. The molecule has 2 rings (SSSR count). The van der Waals surface area contributed by atoms with Crippen molar-refractivity contribution < 1.29 is 4.79 Å². The molecule has 90 valence electrons. The number of hydrogen-bond donors (Lipinski definition) is 0. The monoisotopic (exact) mass is 249 g/mol. The Labute approximate surface area is 105 Å². The fourth-order valence-electron chi connectivity index (χ4n) is 1.87. The van der Waals surface area contributed by atoms with Crippen LogP contribution in [0.1, 0.15) is 39.6 Å². The van der Waals surface area contributed by atoms with Crippen molar-refractivity contribution in [3.05, 3.63) is 15.6 Å². The van der Waals surface area contributed by atoms with Crippen LogP contribution in [-0.2, 0) is 0 Å². The van der Waals surface area contributed by atoms with Crippen molar-refractivity contribution >= 4 is 17.2 Å². The summed E-state index contributed by atoms with van der Waals surface area (Å²) in [6, 6.07) is 2.45. The molecule has 0 atom stereocenters. The van der Waals surface area contributed by atoms with Gasteiger partial charge in [-0.25, -0.2) is 4.98 Å². The number of carbonyl (C=O) groups is 1. The standard InChI is InChI=1S/C12H15N3OS/c1-8-11(17-9(2)14-8)12(16)15(7-3-6-13)10-4-5-10/h10H,3-5,7H2,1-2H3. The van der Waals surface area contributed by atoms with Crippen LogP contribution in [0, 0.1) is 25.2 Å². The molecule has 0 spiro atoms. The minimum absolute atomic E-state index is 0.0471. The Morgan fingerprint density at radius 2 is 2.29 bits per heavy atom. The molecule has 1 aliphatic carbocycles. The molecule has 0 radical (unpaired) electrons. The smallest absolute Gasteiger partial charge is 0.266 e. The molecule has 1 aromatic rings. The van der Waals surface area contributed by atoms with E-state index < -0.39 is 0 Å². The highest BCUT2D eigenvalue weighted by Crippen LogP contribution is 2.30. The maximum Gasteiger partial charge on any atom is 0.266 e. The quantitative estimate of drug-likeness (QED) is 0.822. The van der Waals surface area contributed by atoms with E-state index >= 15 is 0 Å². The topological polar surface area (TPSA) is 57.0 Å². The van der Waals surface area contributed by atoms with Crippen LogP contribution in [0.3, 0.4) is 0 Å². The van der Waals surface area contributed by atoms with Gasteiger partial charge in [-0.1, -0.05) is 0 Å². The first-order chi connectivity index (χ1) is 8.13. The SMILES string of the molecule is Cc1nc(C)c(C(=O)N(CCC#N)C2CC2)s1. The van der Waals surface area contributed by atoms with Crippen molar-refractivity contribution in [1.29, 1.82) is 5.26 Å². The molecule has 1 saturated carbocycles. The number of aromatic nitrogens is 1. The van der Waals surface area contributed by atoms with Gasteiger partial charge in [-0.05, 0) is 26.7 Å². The maximum atomic E-state index is 12.4. The highest BCUT2D eigenvalue weighted by atomic mass is 32.1. The summed E-state index contributed by atoms with van der Waals surface area (Å²) in [4.78, 5) is 19.2. The fraction of sp³-hybridized carbons (Fsp3) is 0.583. The molecule has 1 aromatic heterocycles. The second kappa shape index (κ2) is 4.84. The Morgan fingerprint density at radius 1 is 1.59 bits per heavy atom. The van der Waals surface area contributed by atoms with E-state index in [1.807, 2.05) is 18.7 Å². The van der Waals surface area contributed by atoms with Crippen molar-refractivity contribution in [3.8, 4) is 6.07 Å². The van der Waals surface area contributed by atoms with Gasteiger partial charge >= 0.3 is 0 Å². The molecule has 0 N–H and O–H groups in total. The number of carbonyl (C=O) groups excluding carboxylic acids is 1. The van der Waals surface area contributed by atoms with Gasteiger partial charge in [0.25, 0.3) is 5.91 Å². The largest absolute Gasteiger partial charge is 0.334 e. The Bertz CT molecular complexity index is 471. The summed E-state index contributed by atoms with van der Waals surface area (Å²) < 4.78 is 0. The second-order valence-electron chi connectivity index (χ2n) is 4.29. The van der Waals surface area contributed by atoms with Crippen LogP contribution in [0.5, 0.6) is 0 Å². The average Bonchev–Trinajstić information content (AvgIpc) is 3.05. The zero-order valence-corrected chi connectivity index (χ0v) is 10.9. The van der Waals surface area contributed by atoms with Gasteiger partial charge < -0.3 is 4.90 Å². The number of thiazole rings is 1. The summed E-state index contributed by atoms with van der Waals surface area (Å²) in [5.41, 5.74) is 0.806. The highest BCUT2D eigenvalue weighted by Gasteiger charge is 2.34. The number of nitrogens with zero attached hydrogens (tertiary/aromatic N) is 3. The molecule has 0 aromatic carbocycles. The molecule has 1 aliphatic rings. The lowest BCUT2D eigenvalue weighted by Gasteiger charge is -2.20. The predicted octanol–water partition coefficient (Wildman–Crippen LogP) is 2.28. The first-order valence-corrected chi connectivity index (χ1v) is 6.57. The van der Waals surface area contributed by atoms with E-state index in [4.69, 9.17) is 5.26 Å². The summed E-state index contributed by atoms with van der Waals surface area (Å²) in [5, 5.41) is 9.55. The van der Waals surface area contributed by atoms with Gasteiger partial charge in [0.2, 0.25) is 0 Å². The Hall–Kier alpha value is -1.41. The van der Waals surface area contributed by atoms with Crippen LogP contribution in [-0.4, -0.2) is 28.4 Å². The van der Waals surface area contributed by atoms with E-state index in [1.54, 1.807) is 0 Å². The minimum Gasteiger partial charge on any atom is -0.334 e. The van der Waals surface area contributed by atoms with E-state index in [0.717, 1.165) is 28.4 Å². The molecule has 1 amide bonds. The Kier molecular flexibility index (Phi) is 3.43. The Morgan fingerprint density at radius 3 is 2.76 bits per heavy atom. The number of rotatable bonds is 4. The summed E-state index contributed by atoms with van der Waals surface area (Å²) >= 11 is 1.44. The molecular weight excluding hydrogens is 234 g/mol. The Balaban J connectivity index is 2.16. The molecule has 17 heavy (non-hydrogen) atoms. The number of aryl methyl sites for hydroxylation is 2. The zero-order chi connectivity index (χ0) is 12.4. The second-order valence-corrected chi connectivity index (χ2v) is 5.49. The number of nitriles is 1. The predicted molar refractivity (Wildman–Crippen MR) is 65.9 cm³/mol. The highest BCUT2D eigenvalue weighted by molar-refractivity contribution is 7.13. The fourth-order valence-corrected chi connectivity index (χ4v) is 2.74. The third kappa shape index (κ3) is 2.64. The van der Waals surface area contributed by atoms with Crippen LogP contribution in [0.2, 0.25) is 0 Å². The van der Waals surface area contributed by atoms with Gasteiger partial charge in [-0.15, -0.1) is 11.3 Å². The molecule has 0 saturated heterocycles. The van der Waals surface area contributed by atoms with E-state index in [-0.39, 0.29) is 5.91 Å². The molecule has 1 fully saturated rings. The average molecular weight is 249 g/mol. The van der Waals surface area contributed by atoms with E-state index in [2.05, 4.69) is 11.1 Å². The summed E-state index contributed by atoms with van der Waals surface area (Å²) in [6.07, 6.45) is 2.53. The normalized spacial score (nSPS) is 14.4. The third-order valence-corrected chi connectivity index (χ3v) is 3.87. The third-order valence-electron chi connectivity index (χ3n) is 2.81. The van der Waals surface area contributed by atoms with Gasteiger partial charge in [-0.3, -0.25) is 4.79 Å². The van der Waals surface area contributed by atoms with Gasteiger partial charge in [0.05, 0.1) is 23.2 Å². The van der Waals surface area contributed by atoms with E-state index in [1.165, 1.54) is 11.3 Å². The minimum atomic E-state index is 0.0471. The van der Waals surface area contributed by atoms with Crippen LogP contribution in [0.4, 0.5) is 0 Å². The van der Waals surface area contributed by atoms with Crippen molar-refractivity contribution in [2.45, 2.75) is 39.2 Å². The number of hydrogen-bond acceptors (Lipinski definition) is 4. The first-order valence-electron chi connectivity index (χ1n) is 5.75. The first kappa shape index (κ1) is 12.1. The van der Waals surface area contributed by atoms with Crippen LogP contribution in [0.15, 0.2) is 0 Å². The van der Waals surface area contributed by atoms with Gasteiger partial charge in [-0.2, -0.15) is 5.26 Å². The van der Waals surface area contributed by atoms with Gasteiger partial charge in [0.15, 0.2) is 0 Å². The maximum absolute atomic E-state index is 12.4. The van der Waals surface area contributed by atoms with Gasteiger partial charge in [0, 0.05) is 12.6 Å². The molecule has 1 heterocycles. The van der Waals surface area contributed by atoms with Crippen molar-refractivity contribution in [2.24, 2.45) is 0 Å². The lowest BCUT2D eigenvalue weighted by molar-refractivity contribution is 0.0751. The van der Waals surface area contributed by atoms with Gasteiger partial charge in [0.1, 0.15) is 4.88 Å². The van der Waals surface area contributed by atoms with Crippen molar-refractivity contribution in [1.82, 2.24) is 9.88 Å². The number of amides is 1. The molecular formula is C12H15N3OS. The van der Waals surface area contributed by atoms with Crippen molar-refractivity contribution in [2.75, 3.05) is 6.54 Å². The van der Waals surface area contributed by atoms with Crippen molar-refractivity contribution in [3.63, 3.8) is 0 Å². The molecule has 0 aliphatic heterocycles. The summed E-state index contributed by atoms with van der Waals surface area (Å²) in [6.45, 7) is 4.31. The molecule has 0 bridgehead atoms. The van der Waals surface area contributed by atoms with E-state index in [0.29, 0.717) is 19.0 Å². The molecule has 0 unspecified atom stereocenters. The van der Waals surface area contributed by atoms with E-state index in [9.17, 15) is 4.79 Å². The lowest BCUT2D eigenvalue weighted by atomic mass is 10.3. The van der Waals surface area contributed by atoms with Crippen LogP contribution in [0.25, 0.3) is 0 Å². The van der Waals surface area contributed by atoms with Crippen LogP contribution >= 0.6 is 11.3 Å². The molecule has 5 heteroatoms. The lowest BCUT2D eigenvalue weighted by Crippen LogP contribution is -2.33. The molecule has 4 nitrogen and oxygen atoms in total. The van der Waals surface area contributed by atoms with Crippen LogP contribution < -0.4 is 0 Å². The summed E-state index contributed by atoms with van der Waals surface area (Å²) in [5.74, 6) is 0.0471. The zero-order valence-electron chi connectivity index (χ0n) is 10.1.